The van der Waals surface area contributed by atoms with Crippen LogP contribution in [0.1, 0.15) is 60.2 Å². The number of aliphatic carboxylic acids is 1. The smallest absolute Gasteiger partial charge is 0.326 e. The number of piperidine rings is 1. The van der Waals surface area contributed by atoms with Gasteiger partial charge in [0.1, 0.15) is 6.04 Å². The predicted octanol–water partition coefficient (Wildman–Crippen LogP) is 1.94. The van der Waals surface area contributed by atoms with E-state index < -0.39 is 12.0 Å². The van der Waals surface area contributed by atoms with E-state index in [9.17, 15) is 14.7 Å². The van der Waals surface area contributed by atoms with Gasteiger partial charge >= 0.3 is 5.97 Å². The standard InChI is InChI=1S/C14H18N2O4/c1-8-11(20-12(15-8)9-5-6-9)13(17)16-7-3-2-4-10(16)14(18)19/h9-10H,2-7H2,1H3,(H,18,19). The minimum atomic E-state index is -0.947. The molecule has 0 bridgehead atoms. The van der Waals surface area contributed by atoms with Crippen LogP contribution in [0.4, 0.5) is 0 Å². The maximum Gasteiger partial charge on any atom is 0.326 e. The lowest BCUT2D eigenvalue weighted by molar-refractivity contribution is -0.143. The first kappa shape index (κ1) is 13.1. The topological polar surface area (TPSA) is 83.6 Å². The van der Waals surface area contributed by atoms with Gasteiger partial charge in [-0.25, -0.2) is 9.78 Å². The molecule has 6 nitrogen and oxygen atoms in total. The summed E-state index contributed by atoms with van der Waals surface area (Å²) in [5.41, 5.74) is 0.562. The van der Waals surface area contributed by atoms with Crippen LogP contribution in [0.15, 0.2) is 4.42 Å². The molecule has 1 N–H and O–H groups in total. The van der Waals surface area contributed by atoms with Gasteiger partial charge in [0.25, 0.3) is 5.91 Å². The molecule has 108 valence electrons. The summed E-state index contributed by atoms with van der Waals surface area (Å²) < 4.78 is 5.59. The zero-order valence-electron chi connectivity index (χ0n) is 11.5. The molecule has 1 unspecified atom stereocenters. The van der Waals surface area contributed by atoms with Gasteiger partial charge in [0.15, 0.2) is 5.89 Å². The Balaban J connectivity index is 1.84. The third-order valence-electron chi connectivity index (χ3n) is 3.98. The molecule has 2 heterocycles. The zero-order valence-corrected chi connectivity index (χ0v) is 11.5. The van der Waals surface area contributed by atoms with E-state index in [-0.39, 0.29) is 11.7 Å². The van der Waals surface area contributed by atoms with Crippen molar-refractivity contribution < 1.29 is 19.1 Å². The maximum absolute atomic E-state index is 12.5. The molecule has 0 radical (unpaired) electrons. The number of carbonyl (C=O) groups excluding carboxylic acids is 1. The number of hydrogen-bond donors (Lipinski definition) is 1. The van der Waals surface area contributed by atoms with Crippen LogP contribution < -0.4 is 0 Å². The second-order valence-electron chi connectivity index (χ2n) is 5.59. The number of likely N-dealkylation sites (tertiary alicyclic amines) is 1. The number of aromatic nitrogens is 1. The van der Waals surface area contributed by atoms with Crippen LogP contribution in [0.5, 0.6) is 0 Å². The Morgan fingerprint density at radius 2 is 2.05 bits per heavy atom. The third kappa shape index (κ3) is 2.30. The minimum absolute atomic E-state index is 0.208. The number of carbonyl (C=O) groups is 2. The Morgan fingerprint density at radius 3 is 2.70 bits per heavy atom. The fourth-order valence-electron chi connectivity index (χ4n) is 2.68. The lowest BCUT2D eigenvalue weighted by Gasteiger charge is -2.32. The number of rotatable bonds is 3. The summed E-state index contributed by atoms with van der Waals surface area (Å²) in [5.74, 6) is -0.117. The molecule has 1 amide bonds. The van der Waals surface area contributed by atoms with E-state index in [2.05, 4.69) is 4.98 Å². The molecule has 2 aliphatic rings. The molecule has 2 fully saturated rings. The van der Waals surface area contributed by atoms with Crippen molar-refractivity contribution >= 4 is 11.9 Å². The molecule has 3 rings (SSSR count). The Kier molecular flexibility index (Phi) is 3.23. The van der Waals surface area contributed by atoms with E-state index >= 15 is 0 Å². The van der Waals surface area contributed by atoms with Crippen LogP contribution in [0.2, 0.25) is 0 Å². The number of nitrogens with zero attached hydrogens (tertiary/aromatic N) is 2. The zero-order chi connectivity index (χ0) is 14.3. The highest BCUT2D eigenvalue weighted by atomic mass is 16.4. The summed E-state index contributed by atoms with van der Waals surface area (Å²) >= 11 is 0. The van der Waals surface area contributed by atoms with Gasteiger partial charge in [-0.15, -0.1) is 0 Å². The summed E-state index contributed by atoms with van der Waals surface area (Å²) in [4.78, 5) is 29.5. The normalized spacial score (nSPS) is 22.9. The Bertz CT molecular complexity index is 547. The van der Waals surface area contributed by atoms with Crippen molar-refractivity contribution in [3.63, 3.8) is 0 Å². The first-order valence-corrected chi connectivity index (χ1v) is 7.09. The highest BCUT2D eigenvalue weighted by Crippen LogP contribution is 2.40. The molecular weight excluding hydrogens is 260 g/mol. The van der Waals surface area contributed by atoms with Crippen LogP contribution in [0.25, 0.3) is 0 Å². The molecule has 1 atom stereocenters. The number of carboxylic acids is 1. The first-order valence-electron chi connectivity index (χ1n) is 7.09. The monoisotopic (exact) mass is 278 g/mol. The van der Waals surface area contributed by atoms with Gasteiger partial charge < -0.3 is 14.4 Å². The van der Waals surface area contributed by atoms with Crippen molar-refractivity contribution in [3.8, 4) is 0 Å². The van der Waals surface area contributed by atoms with E-state index in [1.165, 1.54) is 4.90 Å². The van der Waals surface area contributed by atoms with E-state index in [4.69, 9.17) is 4.42 Å². The van der Waals surface area contributed by atoms with Crippen LogP contribution in [-0.2, 0) is 4.79 Å². The summed E-state index contributed by atoms with van der Waals surface area (Å²) in [5, 5.41) is 9.24. The van der Waals surface area contributed by atoms with E-state index in [1.807, 2.05) is 0 Å². The Hall–Kier alpha value is -1.85. The summed E-state index contributed by atoms with van der Waals surface area (Å²) in [6.45, 7) is 2.21. The van der Waals surface area contributed by atoms with E-state index in [1.54, 1.807) is 6.92 Å². The van der Waals surface area contributed by atoms with Crippen molar-refractivity contribution in [1.29, 1.82) is 0 Å². The average molecular weight is 278 g/mol. The van der Waals surface area contributed by atoms with Crippen molar-refractivity contribution in [3.05, 3.63) is 17.3 Å². The van der Waals surface area contributed by atoms with Crippen LogP contribution in [0.3, 0.4) is 0 Å². The Labute approximate surface area is 116 Å². The van der Waals surface area contributed by atoms with Crippen LogP contribution in [-0.4, -0.2) is 39.5 Å². The van der Waals surface area contributed by atoms with Gasteiger partial charge in [-0.3, -0.25) is 4.79 Å². The molecule has 20 heavy (non-hydrogen) atoms. The lowest BCUT2D eigenvalue weighted by Crippen LogP contribution is -2.48. The SMILES string of the molecule is Cc1nc(C2CC2)oc1C(=O)N1CCCCC1C(=O)O. The number of amides is 1. The fourth-order valence-corrected chi connectivity index (χ4v) is 2.68. The highest BCUT2D eigenvalue weighted by molar-refractivity contribution is 5.95. The van der Waals surface area contributed by atoms with Crippen molar-refractivity contribution in [2.45, 2.75) is 51.0 Å². The second-order valence-corrected chi connectivity index (χ2v) is 5.59. The molecular formula is C14H18N2O4. The molecule has 1 aliphatic heterocycles. The summed E-state index contributed by atoms with van der Waals surface area (Å²) in [6.07, 6.45) is 4.27. The van der Waals surface area contributed by atoms with Gasteiger partial charge in [0.2, 0.25) is 5.76 Å². The molecule has 1 aliphatic carbocycles. The molecule has 0 spiro atoms. The van der Waals surface area contributed by atoms with Gasteiger partial charge in [0.05, 0.1) is 5.69 Å². The van der Waals surface area contributed by atoms with Gasteiger partial charge in [-0.05, 0) is 39.0 Å². The minimum Gasteiger partial charge on any atom is -0.480 e. The maximum atomic E-state index is 12.5. The number of carboxylic acid groups (broad SMARTS) is 1. The summed E-state index contributed by atoms with van der Waals surface area (Å²) in [6, 6.07) is -0.745. The number of oxazole rings is 1. The number of hydrogen-bond acceptors (Lipinski definition) is 4. The molecule has 6 heteroatoms. The third-order valence-corrected chi connectivity index (χ3v) is 3.98. The van der Waals surface area contributed by atoms with Crippen molar-refractivity contribution in [2.75, 3.05) is 6.54 Å². The van der Waals surface area contributed by atoms with Gasteiger partial charge in [-0.2, -0.15) is 0 Å². The van der Waals surface area contributed by atoms with E-state index in [0.29, 0.717) is 30.5 Å². The van der Waals surface area contributed by atoms with Crippen molar-refractivity contribution in [1.82, 2.24) is 9.88 Å². The van der Waals surface area contributed by atoms with Gasteiger partial charge in [0, 0.05) is 12.5 Å². The molecule has 1 saturated heterocycles. The second kappa shape index (κ2) is 4.92. The van der Waals surface area contributed by atoms with Crippen LogP contribution in [0, 0.1) is 6.92 Å². The van der Waals surface area contributed by atoms with Gasteiger partial charge in [-0.1, -0.05) is 0 Å². The summed E-state index contributed by atoms with van der Waals surface area (Å²) in [7, 11) is 0. The largest absolute Gasteiger partial charge is 0.480 e. The predicted molar refractivity (Wildman–Crippen MR) is 69.5 cm³/mol. The molecule has 1 aromatic rings. The molecule has 1 saturated carbocycles. The molecule has 0 aromatic carbocycles. The fraction of sp³-hybridized carbons (Fsp3) is 0.643. The quantitative estimate of drug-likeness (QED) is 0.913. The average Bonchev–Trinajstić information content (AvgIpc) is 3.21. The number of aryl methyl sites for hydroxylation is 1. The van der Waals surface area contributed by atoms with E-state index in [0.717, 1.165) is 25.7 Å². The van der Waals surface area contributed by atoms with Crippen LogP contribution >= 0.6 is 0 Å². The molecule has 1 aromatic heterocycles. The van der Waals surface area contributed by atoms with Crippen molar-refractivity contribution in [2.24, 2.45) is 0 Å². The first-order chi connectivity index (χ1) is 9.58. The highest BCUT2D eigenvalue weighted by Gasteiger charge is 2.36. The lowest BCUT2D eigenvalue weighted by atomic mass is 10.0. The Morgan fingerprint density at radius 1 is 1.30 bits per heavy atom.